The van der Waals surface area contributed by atoms with Crippen molar-refractivity contribution >= 4 is 38.7 Å². The number of sulfonamides is 1. The number of anilines is 2. The summed E-state index contributed by atoms with van der Waals surface area (Å²) in [5.74, 6) is 0.658. The maximum atomic E-state index is 12.4. The second kappa shape index (κ2) is 8.68. The minimum absolute atomic E-state index is 0.168. The summed E-state index contributed by atoms with van der Waals surface area (Å²) in [6, 6.07) is 13.1. The lowest BCUT2D eigenvalue weighted by atomic mass is 10.3. The molecule has 0 atom stereocenters. The Kier molecular flexibility index (Phi) is 6.60. The zero-order valence-electron chi connectivity index (χ0n) is 14.1. The predicted octanol–water partition coefficient (Wildman–Crippen LogP) is 3.19. The fourth-order valence-corrected chi connectivity index (χ4v) is 3.28. The van der Waals surface area contributed by atoms with Crippen LogP contribution in [-0.4, -0.2) is 27.2 Å². The molecule has 3 N–H and O–H groups in total. The minimum Gasteiger partial charge on any atom is -0.497 e. The van der Waals surface area contributed by atoms with Gasteiger partial charge in [-0.25, -0.2) is 8.42 Å². The molecule has 0 saturated heterocycles. The minimum atomic E-state index is -3.66. The van der Waals surface area contributed by atoms with Crippen molar-refractivity contribution in [3.8, 4) is 5.75 Å². The van der Waals surface area contributed by atoms with E-state index in [1.165, 1.54) is 12.1 Å². The Balaban J connectivity index is 2.05. The average Bonchev–Trinajstić information content (AvgIpc) is 2.61. The Labute approximate surface area is 153 Å². The Morgan fingerprint density at radius 2 is 1.64 bits per heavy atom. The van der Waals surface area contributed by atoms with Crippen LogP contribution in [0.4, 0.5) is 11.4 Å². The van der Waals surface area contributed by atoms with Gasteiger partial charge in [-0.2, -0.15) is 0 Å². The van der Waals surface area contributed by atoms with Gasteiger partial charge in [0.15, 0.2) is 5.11 Å². The molecule has 0 unspecified atom stereocenters. The summed E-state index contributed by atoms with van der Waals surface area (Å²) < 4.78 is 32.4. The van der Waals surface area contributed by atoms with Crippen LogP contribution < -0.4 is 20.1 Å². The van der Waals surface area contributed by atoms with Crippen molar-refractivity contribution in [1.82, 2.24) is 5.32 Å². The number of hydrogen-bond donors (Lipinski definition) is 3. The van der Waals surface area contributed by atoms with E-state index in [1.807, 2.05) is 6.92 Å². The summed E-state index contributed by atoms with van der Waals surface area (Å²) in [7, 11) is -2.11. The number of benzene rings is 2. The molecule has 0 saturated carbocycles. The Morgan fingerprint density at radius 3 is 2.20 bits per heavy atom. The van der Waals surface area contributed by atoms with Crippen LogP contribution >= 0.6 is 12.2 Å². The first-order valence-corrected chi connectivity index (χ1v) is 9.65. The van der Waals surface area contributed by atoms with E-state index in [0.717, 1.165) is 18.7 Å². The quantitative estimate of drug-likeness (QED) is 0.641. The molecule has 2 aromatic rings. The lowest BCUT2D eigenvalue weighted by Crippen LogP contribution is -2.28. The van der Waals surface area contributed by atoms with E-state index >= 15 is 0 Å². The fraction of sp³-hybridized carbons (Fsp3) is 0.235. The van der Waals surface area contributed by atoms with Gasteiger partial charge in [-0.05, 0) is 67.2 Å². The summed E-state index contributed by atoms with van der Waals surface area (Å²) in [6.07, 6.45) is 0.968. The van der Waals surface area contributed by atoms with Crippen molar-refractivity contribution in [1.29, 1.82) is 0 Å². The van der Waals surface area contributed by atoms with E-state index in [9.17, 15) is 8.42 Å². The number of thiocarbonyl (C=S) groups is 1. The van der Waals surface area contributed by atoms with Crippen LogP contribution in [0.2, 0.25) is 0 Å². The maximum absolute atomic E-state index is 12.4. The lowest BCUT2D eigenvalue weighted by Gasteiger charge is -2.11. The van der Waals surface area contributed by atoms with Crippen LogP contribution in [0.1, 0.15) is 13.3 Å². The normalized spacial score (nSPS) is 10.8. The van der Waals surface area contributed by atoms with Crippen molar-refractivity contribution < 1.29 is 13.2 Å². The van der Waals surface area contributed by atoms with Crippen LogP contribution in [0.15, 0.2) is 53.4 Å². The molecule has 0 heterocycles. The highest BCUT2D eigenvalue weighted by Gasteiger charge is 2.14. The maximum Gasteiger partial charge on any atom is 0.261 e. The van der Waals surface area contributed by atoms with Crippen LogP contribution in [0.3, 0.4) is 0 Å². The van der Waals surface area contributed by atoms with Crippen molar-refractivity contribution in [3.63, 3.8) is 0 Å². The van der Waals surface area contributed by atoms with Crippen LogP contribution in [0.5, 0.6) is 5.75 Å². The molecule has 0 aromatic heterocycles. The van der Waals surface area contributed by atoms with Gasteiger partial charge in [-0.15, -0.1) is 0 Å². The molecule has 0 amide bonds. The van der Waals surface area contributed by atoms with E-state index in [0.29, 0.717) is 16.5 Å². The van der Waals surface area contributed by atoms with Gasteiger partial charge in [0.2, 0.25) is 0 Å². The zero-order chi connectivity index (χ0) is 18.3. The number of rotatable bonds is 7. The molecular weight excluding hydrogens is 358 g/mol. The molecule has 134 valence electrons. The van der Waals surface area contributed by atoms with Crippen molar-refractivity contribution in [2.24, 2.45) is 0 Å². The van der Waals surface area contributed by atoms with Gasteiger partial charge < -0.3 is 15.4 Å². The molecule has 0 aliphatic rings. The van der Waals surface area contributed by atoms with Crippen LogP contribution in [0.25, 0.3) is 0 Å². The van der Waals surface area contributed by atoms with Gasteiger partial charge in [0.25, 0.3) is 10.0 Å². The molecule has 0 radical (unpaired) electrons. The molecule has 0 aliphatic heterocycles. The molecule has 0 spiro atoms. The molecule has 2 aromatic carbocycles. The van der Waals surface area contributed by atoms with Gasteiger partial charge in [0.1, 0.15) is 5.75 Å². The van der Waals surface area contributed by atoms with Gasteiger partial charge in [0, 0.05) is 17.9 Å². The number of hydrogen-bond acceptors (Lipinski definition) is 4. The first kappa shape index (κ1) is 19.0. The lowest BCUT2D eigenvalue weighted by molar-refractivity contribution is 0.415. The first-order valence-electron chi connectivity index (χ1n) is 7.76. The van der Waals surface area contributed by atoms with Crippen LogP contribution in [-0.2, 0) is 10.0 Å². The Bertz CT molecular complexity index is 804. The van der Waals surface area contributed by atoms with E-state index in [-0.39, 0.29) is 4.90 Å². The number of nitrogens with one attached hydrogen (secondary N) is 3. The highest BCUT2D eigenvalue weighted by molar-refractivity contribution is 7.92. The van der Waals surface area contributed by atoms with Crippen molar-refractivity contribution in [3.05, 3.63) is 48.5 Å². The zero-order valence-corrected chi connectivity index (χ0v) is 15.7. The third-order valence-corrected chi connectivity index (χ3v) is 4.94. The monoisotopic (exact) mass is 379 g/mol. The summed E-state index contributed by atoms with van der Waals surface area (Å²) in [5, 5.41) is 6.56. The third kappa shape index (κ3) is 5.61. The molecule has 0 aliphatic carbocycles. The third-order valence-electron chi connectivity index (χ3n) is 3.30. The second-order valence-electron chi connectivity index (χ2n) is 5.24. The van der Waals surface area contributed by atoms with Crippen molar-refractivity contribution in [2.45, 2.75) is 18.2 Å². The average molecular weight is 380 g/mol. The molecule has 8 heteroatoms. The molecule has 0 bridgehead atoms. The number of methoxy groups -OCH3 is 1. The van der Waals surface area contributed by atoms with Gasteiger partial charge >= 0.3 is 0 Å². The van der Waals surface area contributed by atoms with Gasteiger partial charge in [0.05, 0.1) is 12.0 Å². The SMILES string of the molecule is CCCNC(=S)Nc1ccc(S(=O)(=O)Nc2ccc(OC)cc2)cc1. The standard InChI is InChI=1S/C17H21N3O3S2/c1-3-12-18-17(24)19-13-6-10-16(11-7-13)25(21,22)20-14-4-8-15(23-2)9-5-14/h4-11,20H,3,12H2,1-2H3,(H2,18,19,24). The van der Waals surface area contributed by atoms with E-state index < -0.39 is 10.0 Å². The molecule has 25 heavy (non-hydrogen) atoms. The van der Waals surface area contributed by atoms with E-state index in [1.54, 1.807) is 43.5 Å². The highest BCUT2D eigenvalue weighted by atomic mass is 32.2. The van der Waals surface area contributed by atoms with E-state index in [2.05, 4.69) is 15.4 Å². The van der Waals surface area contributed by atoms with E-state index in [4.69, 9.17) is 17.0 Å². The number of ether oxygens (including phenoxy) is 1. The predicted molar refractivity (Wildman–Crippen MR) is 105 cm³/mol. The largest absolute Gasteiger partial charge is 0.497 e. The topological polar surface area (TPSA) is 79.5 Å². The van der Waals surface area contributed by atoms with Crippen molar-refractivity contribution in [2.75, 3.05) is 23.7 Å². The summed E-state index contributed by atoms with van der Waals surface area (Å²) in [5.41, 5.74) is 1.19. The molecule has 2 rings (SSSR count). The first-order chi connectivity index (χ1) is 11.9. The molecule has 6 nitrogen and oxygen atoms in total. The fourth-order valence-electron chi connectivity index (χ4n) is 2.00. The smallest absolute Gasteiger partial charge is 0.261 e. The van der Waals surface area contributed by atoms with Gasteiger partial charge in [-0.3, -0.25) is 4.72 Å². The summed E-state index contributed by atoms with van der Waals surface area (Å²) >= 11 is 5.15. The van der Waals surface area contributed by atoms with Crippen LogP contribution in [0, 0.1) is 0 Å². The summed E-state index contributed by atoms with van der Waals surface area (Å²) in [6.45, 7) is 2.83. The highest BCUT2D eigenvalue weighted by Crippen LogP contribution is 2.20. The second-order valence-corrected chi connectivity index (χ2v) is 7.33. The Hall–Kier alpha value is -2.32. The molecular formula is C17H21N3O3S2. The van der Waals surface area contributed by atoms with Gasteiger partial charge in [-0.1, -0.05) is 6.92 Å². The summed E-state index contributed by atoms with van der Waals surface area (Å²) in [4.78, 5) is 0.168. The Morgan fingerprint density at radius 1 is 1.04 bits per heavy atom. The molecule has 0 fully saturated rings.